The van der Waals surface area contributed by atoms with E-state index in [0.29, 0.717) is 21.9 Å². The highest BCUT2D eigenvalue weighted by atomic mass is 32.2. The molecule has 152 valence electrons. The van der Waals surface area contributed by atoms with Crippen LogP contribution in [-0.4, -0.2) is 43.7 Å². The van der Waals surface area contributed by atoms with E-state index in [0.717, 1.165) is 17.8 Å². The van der Waals surface area contributed by atoms with Crippen molar-refractivity contribution in [2.24, 2.45) is 0 Å². The standard InChI is InChI=1S/C21H20N6O2S/c1-3-14-7-9-15(10-8-14)24-18(28)12-30-21-19-20(22-13-23-21)27(26-25-19)16-5-4-6-17(11-16)29-2/h4-11,13H,3,12H2,1-2H3,(H,24,28). The summed E-state index contributed by atoms with van der Waals surface area (Å²) in [5.41, 5.74) is 3.89. The van der Waals surface area contributed by atoms with Crippen LogP contribution in [0.25, 0.3) is 16.9 Å². The minimum absolute atomic E-state index is 0.115. The minimum Gasteiger partial charge on any atom is -0.497 e. The number of hydrogen-bond acceptors (Lipinski definition) is 7. The monoisotopic (exact) mass is 420 g/mol. The van der Waals surface area contributed by atoms with Gasteiger partial charge in [0.25, 0.3) is 0 Å². The van der Waals surface area contributed by atoms with E-state index in [2.05, 4.69) is 32.5 Å². The average Bonchev–Trinajstić information content (AvgIpc) is 3.23. The normalized spacial score (nSPS) is 10.9. The van der Waals surface area contributed by atoms with Crippen molar-refractivity contribution in [2.75, 3.05) is 18.2 Å². The molecule has 0 saturated heterocycles. The van der Waals surface area contributed by atoms with Crippen molar-refractivity contribution < 1.29 is 9.53 Å². The molecule has 1 N–H and O–H groups in total. The topological polar surface area (TPSA) is 94.8 Å². The number of fused-ring (bicyclic) bond motifs is 1. The first-order valence-electron chi connectivity index (χ1n) is 9.40. The van der Waals surface area contributed by atoms with Gasteiger partial charge >= 0.3 is 0 Å². The van der Waals surface area contributed by atoms with Crippen LogP contribution < -0.4 is 10.1 Å². The van der Waals surface area contributed by atoms with Crippen molar-refractivity contribution >= 4 is 34.5 Å². The van der Waals surface area contributed by atoms with Gasteiger partial charge in [0, 0.05) is 11.8 Å². The molecule has 0 aliphatic rings. The number of benzene rings is 2. The predicted molar refractivity (Wildman–Crippen MR) is 116 cm³/mol. The molecule has 0 radical (unpaired) electrons. The van der Waals surface area contributed by atoms with Crippen molar-refractivity contribution in [1.82, 2.24) is 25.0 Å². The summed E-state index contributed by atoms with van der Waals surface area (Å²) < 4.78 is 6.90. The highest BCUT2D eigenvalue weighted by Crippen LogP contribution is 2.25. The highest BCUT2D eigenvalue weighted by molar-refractivity contribution is 8.00. The number of methoxy groups -OCH3 is 1. The summed E-state index contributed by atoms with van der Waals surface area (Å²) in [7, 11) is 1.61. The largest absolute Gasteiger partial charge is 0.497 e. The summed E-state index contributed by atoms with van der Waals surface area (Å²) in [5, 5.41) is 11.9. The number of amides is 1. The third-order valence-corrected chi connectivity index (χ3v) is 5.47. The van der Waals surface area contributed by atoms with Gasteiger partial charge in [-0.05, 0) is 36.2 Å². The molecule has 0 saturated carbocycles. The number of thioether (sulfide) groups is 1. The number of ether oxygens (including phenoxy) is 1. The second-order valence-corrected chi connectivity index (χ2v) is 7.41. The molecule has 4 rings (SSSR count). The summed E-state index contributed by atoms with van der Waals surface area (Å²) in [6, 6.07) is 15.3. The van der Waals surface area contributed by atoms with Gasteiger partial charge in [-0.2, -0.15) is 4.68 Å². The van der Waals surface area contributed by atoms with Crippen LogP contribution in [0.5, 0.6) is 5.75 Å². The zero-order valence-electron chi connectivity index (χ0n) is 16.6. The lowest BCUT2D eigenvalue weighted by Crippen LogP contribution is -2.14. The molecule has 0 spiro atoms. The Balaban J connectivity index is 1.49. The molecule has 8 nitrogen and oxygen atoms in total. The fourth-order valence-electron chi connectivity index (χ4n) is 2.90. The maximum atomic E-state index is 12.3. The van der Waals surface area contributed by atoms with Gasteiger partial charge in [0.1, 0.15) is 17.1 Å². The number of hydrogen-bond donors (Lipinski definition) is 1. The van der Waals surface area contributed by atoms with E-state index < -0.39 is 0 Å². The number of aryl methyl sites for hydroxylation is 1. The van der Waals surface area contributed by atoms with Crippen LogP contribution in [0.1, 0.15) is 12.5 Å². The number of rotatable bonds is 7. The van der Waals surface area contributed by atoms with E-state index in [1.54, 1.807) is 11.8 Å². The number of carbonyl (C=O) groups excluding carboxylic acids is 1. The molecule has 2 aromatic heterocycles. The van der Waals surface area contributed by atoms with Gasteiger partial charge in [0.2, 0.25) is 5.91 Å². The van der Waals surface area contributed by atoms with Crippen LogP contribution in [0.3, 0.4) is 0 Å². The Bertz CT molecular complexity index is 1180. The second kappa shape index (κ2) is 8.91. The van der Waals surface area contributed by atoms with Crippen LogP contribution in [0.15, 0.2) is 59.9 Å². The second-order valence-electron chi connectivity index (χ2n) is 6.44. The van der Waals surface area contributed by atoms with Crippen molar-refractivity contribution in [3.05, 3.63) is 60.4 Å². The van der Waals surface area contributed by atoms with Crippen molar-refractivity contribution in [3.63, 3.8) is 0 Å². The summed E-state index contributed by atoms with van der Waals surface area (Å²) in [6.45, 7) is 2.09. The molecule has 1 amide bonds. The van der Waals surface area contributed by atoms with Crippen molar-refractivity contribution in [2.45, 2.75) is 18.4 Å². The maximum absolute atomic E-state index is 12.3. The molecule has 2 heterocycles. The molecule has 30 heavy (non-hydrogen) atoms. The average molecular weight is 420 g/mol. The minimum atomic E-state index is -0.115. The Morgan fingerprint density at radius 1 is 1.17 bits per heavy atom. The molecule has 0 aliphatic carbocycles. The molecule has 0 atom stereocenters. The number of anilines is 1. The Labute approximate surface area is 177 Å². The smallest absolute Gasteiger partial charge is 0.234 e. The predicted octanol–water partition coefficient (Wildman–Crippen LogP) is 3.51. The lowest BCUT2D eigenvalue weighted by atomic mass is 10.1. The summed E-state index contributed by atoms with van der Waals surface area (Å²) in [4.78, 5) is 20.9. The van der Waals surface area contributed by atoms with Crippen LogP contribution in [0, 0.1) is 0 Å². The van der Waals surface area contributed by atoms with Crippen LogP contribution >= 0.6 is 11.8 Å². The van der Waals surface area contributed by atoms with Gasteiger partial charge in [0.15, 0.2) is 11.2 Å². The van der Waals surface area contributed by atoms with Crippen molar-refractivity contribution in [1.29, 1.82) is 0 Å². The maximum Gasteiger partial charge on any atom is 0.234 e. The Morgan fingerprint density at radius 3 is 2.77 bits per heavy atom. The number of carbonyl (C=O) groups is 1. The first-order valence-corrected chi connectivity index (χ1v) is 10.4. The molecular weight excluding hydrogens is 400 g/mol. The lowest BCUT2D eigenvalue weighted by molar-refractivity contribution is -0.113. The fraction of sp³-hybridized carbons (Fsp3) is 0.190. The quantitative estimate of drug-likeness (QED) is 0.361. The van der Waals surface area contributed by atoms with E-state index in [4.69, 9.17) is 4.74 Å². The molecule has 0 bridgehead atoms. The van der Waals surface area contributed by atoms with E-state index >= 15 is 0 Å². The van der Waals surface area contributed by atoms with Gasteiger partial charge in [-0.15, -0.1) is 5.10 Å². The lowest BCUT2D eigenvalue weighted by Gasteiger charge is -2.06. The molecule has 0 aliphatic heterocycles. The van der Waals surface area contributed by atoms with Gasteiger partial charge in [-0.1, -0.05) is 42.1 Å². The zero-order chi connectivity index (χ0) is 20.9. The SMILES string of the molecule is CCc1ccc(NC(=O)CSc2ncnc3c2nnn3-c2cccc(OC)c2)cc1. The van der Waals surface area contributed by atoms with Crippen LogP contribution in [-0.2, 0) is 11.2 Å². The molecule has 0 unspecified atom stereocenters. The van der Waals surface area contributed by atoms with Crippen molar-refractivity contribution in [3.8, 4) is 11.4 Å². The molecular formula is C21H20N6O2S. The number of nitrogens with one attached hydrogen (secondary N) is 1. The molecule has 2 aromatic carbocycles. The Morgan fingerprint density at radius 2 is 2.00 bits per heavy atom. The van der Waals surface area contributed by atoms with E-state index in [1.165, 1.54) is 23.7 Å². The fourth-order valence-corrected chi connectivity index (χ4v) is 3.64. The van der Waals surface area contributed by atoms with Gasteiger partial charge in [-0.3, -0.25) is 4.79 Å². The molecule has 9 heteroatoms. The van der Waals surface area contributed by atoms with Gasteiger partial charge < -0.3 is 10.1 Å². The summed E-state index contributed by atoms with van der Waals surface area (Å²) in [5.74, 6) is 0.799. The first-order chi connectivity index (χ1) is 14.7. The summed E-state index contributed by atoms with van der Waals surface area (Å²) in [6.07, 6.45) is 2.41. The molecule has 4 aromatic rings. The van der Waals surface area contributed by atoms with E-state index in [-0.39, 0.29) is 11.7 Å². The number of nitrogens with zero attached hydrogens (tertiary/aromatic N) is 5. The summed E-state index contributed by atoms with van der Waals surface area (Å²) >= 11 is 1.30. The third-order valence-electron chi connectivity index (χ3n) is 4.49. The Hall–Kier alpha value is -3.46. The highest BCUT2D eigenvalue weighted by Gasteiger charge is 2.15. The zero-order valence-corrected chi connectivity index (χ0v) is 17.4. The van der Waals surface area contributed by atoms with E-state index in [1.807, 2.05) is 48.5 Å². The van der Waals surface area contributed by atoms with Gasteiger partial charge in [0.05, 0.1) is 18.6 Å². The Kier molecular flexibility index (Phi) is 5.89. The number of aromatic nitrogens is 5. The van der Waals surface area contributed by atoms with E-state index in [9.17, 15) is 4.79 Å². The first kappa shape index (κ1) is 19.8. The molecule has 0 fully saturated rings. The third kappa shape index (κ3) is 4.25. The van der Waals surface area contributed by atoms with Crippen LogP contribution in [0.2, 0.25) is 0 Å². The van der Waals surface area contributed by atoms with Crippen LogP contribution in [0.4, 0.5) is 5.69 Å². The van der Waals surface area contributed by atoms with Gasteiger partial charge in [-0.25, -0.2) is 9.97 Å².